The number of carboxylic acids is 1. The number of aromatic hydroxyl groups is 1. The summed E-state index contributed by atoms with van der Waals surface area (Å²) in [5.74, 6) is -8.20. The van der Waals surface area contributed by atoms with Gasteiger partial charge in [-0.1, -0.05) is 60.1 Å². The summed E-state index contributed by atoms with van der Waals surface area (Å²) < 4.78 is 0. The number of carbonyl (C=O) groups excluding carboxylic acids is 8. The van der Waals surface area contributed by atoms with Crippen molar-refractivity contribution in [1.29, 1.82) is 0 Å². The van der Waals surface area contributed by atoms with Crippen LogP contribution in [0.5, 0.6) is 5.75 Å². The number of nitrogens with zero attached hydrogens (tertiary/aromatic N) is 1. The van der Waals surface area contributed by atoms with E-state index in [1.807, 2.05) is 13.8 Å². The van der Waals surface area contributed by atoms with Crippen molar-refractivity contribution < 1.29 is 53.4 Å². The number of carboxylic acid groups (broad SMARTS) is 1. The molecule has 0 spiro atoms. The number of fused-ring (bicyclic) bond motifs is 1. The molecule has 0 unspecified atom stereocenters. The summed E-state index contributed by atoms with van der Waals surface area (Å²) in [4.78, 5) is 122. The van der Waals surface area contributed by atoms with Crippen LogP contribution < -0.4 is 37.2 Å². The van der Waals surface area contributed by atoms with Crippen molar-refractivity contribution in [1.82, 2.24) is 42.1 Å². The Bertz CT molecular complexity index is 1700. The number of aliphatic carboxylic acids is 1. The van der Waals surface area contributed by atoms with Crippen LogP contribution in [-0.4, -0.2) is 124 Å². The highest BCUT2D eigenvalue weighted by atomic mass is 16.4. The molecule has 0 aromatic heterocycles. The van der Waals surface area contributed by atoms with Gasteiger partial charge in [0.1, 0.15) is 42.0 Å². The summed E-state index contributed by atoms with van der Waals surface area (Å²) in [7, 11) is 0. The van der Waals surface area contributed by atoms with Gasteiger partial charge < -0.3 is 52.3 Å². The molecule has 0 saturated carbocycles. The van der Waals surface area contributed by atoms with Crippen LogP contribution in [0.15, 0.2) is 24.3 Å². The van der Waals surface area contributed by atoms with Crippen molar-refractivity contribution in [2.24, 2.45) is 17.8 Å². The summed E-state index contributed by atoms with van der Waals surface area (Å²) in [5, 5.41) is 37.3. The van der Waals surface area contributed by atoms with E-state index in [0.717, 1.165) is 0 Å². The topological polar surface area (TPSA) is 282 Å². The quantitative estimate of drug-likeness (QED) is 0.141. The maximum Gasteiger partial charge on any atom is 0.303 e. The van der Waals surface area contributed by atoms with Crippen LogP contribution in [0.25, 0.3) is 0 Å². The molecule has 1 aromatic carbocycles. The number of rotatable bonds is 10. The second kappa shape index (κ2) is 22.4. The minimum atomic E-state index is -1.41. The molecular weight excluding hydrogens is 768 g/mol. The van der Waals surface area contributed by atoms with Gasteiger partial charge in [-0.05, 0) is 61.1 Å². The molecule has 2 heterocycles. The lowest BCUT2D eigenvalue weighted by molar-refractivity contribution is -0.143. The van der Waals surface area contributed by atoms with Crippen molar-refractivity contribution in [2.75, 3.05) is 19.6 Å². The van der Waals surface area contributed by atoms with Crippen LogP contribution in [0, 0.1) is 17.8 Å². The van der Waals surface area contributed by atoms with E-state index in [0.29, 0.717) is 18.4 Å². The molecule has 0 bridgehead atoms. The van der Waals surface area contributed by atoms with Gasteiger partial charge in [0.2, 0.25) is 47.3 Å². The Morgan fingerprint density at radius 3 is 1.93 bits per heavy atom. The van der Waals surface area contributed by atoms with E-state index in [-0.39, 0.29) is 43.9 Å². The van der Waals surface area contributed by atoms with E-state index in [1.54, 1.807) is 39.8 Å². The van der Waals surface area contributed by atoms with Gasteiger partial charge in [0.25, 0.3) is 0 Å². The number of benzene rings is 1. The highest BCUT2D eigenvalue weighted by Crippen LogP contribution is 2.21. The SMILES string of the molecule is CC[C@@H](C)[C@@H]1NC(=O)[C@H](CCC(=O)O)NC(=O)[C@@H]2CCCN2C(=O)[C@H](CC(C)C)NC(=O)CNC(=O)[C@H](Cc2ccc(O)cc2)NC(=O)[C@H](C(C)C)NC(=O)CNC1=O. The van der Waals surface area contributed by atoms with Gasteiger partial charge in [-0.3, -0.25) is 43.2 Å². The van der Waals surface area contributed by atoms with Crippen LogP contribution in [0.2, 0.25) is 0 Å². The summed E-state index contributed by atoms with van der Waals surface area (Å²) in [6.07, 6.45) is 0.302. The first-order valence-corrected chi connectivity index (χ1v) is 20.2. The Kier molecular flexibility index (Phi) is 18.1. The normalized spacial score (nSPS) is 25.4. The first kappa shape index (κ1) is 47.6. The molecule has 2 aliphatic rings. The summed E-state index contributed by atoms with van der Waals surface area (Å²) in [5.41, 5.74) is 0.552. The monoisotopic (exact) mass is 828 g/mol. The van der Waals surface area contributed by atoms with Crippen LogP contribution in [0.3, 0.4) is 0 Å². The largest absolute Gasteiger partial charge is 0.508 e. The molecule has 59 heavy (non-hydrogen) atoms. The van der Waals surface area contributed by atoms with Gasteiger partial charge in [-0.25, -0.2) is 0 Å². The van der Waals surface area contributed by atoms with E-state index in [2.05, 4.69) is 37.2 Å². The van der Waals surface area contributed by atoms with Gasteiger partial charge in [0, 0.05) is 19.4 Å². The summed E-state index contributed by atoms with van der Waals surface area (Å²) in [6.45, 7) is 9.41. The Morgan fingerprint density at radius 2 is 1.34 bits per heavy atom. The average molecular weight is 829 g/mol. The maximum absolute atomic E-state index is 14.0. The lowest BCUT2D eigenvalue weighted by atomic mass is 9.97. The molecule has 2 fully saturated rings. The molecule has 0 radical (unpaired) electrons. The third kappa shape index (κ3) is 14.5. The van der Waals surface area contributed by atoms with E-state index in [4.69, 9.17) is 0 Å². The lowest BCUT2D eigenvalue weighted by Gasteiger charge is -2.31. The fourth-order valence-corrected chi connectivity index (χ4v) is 6.87. The van der Waals surface area contributed by atoms with Crippen LogP contribution in [0.4, 0.5) is 0 Å². The number of hydrogen-bond donors (Lipinski definition) is 9. The molecule has 1 aromatic rings. The van der Waals surface area contributed by atoms with Gasteiger partial charge in [-0.2, -0.15) is 0 Å². The van der Waals surface area contributed by atoms with Crippen LogP contribution in [0.1, 0.15) is 85.6 Å². The van der Waals surface area contributed by atoms with Crippen molar-refractivity contribution >= 4 is 53.2 Å². The molecule has 19 nitrogen and oxygen atoms in total. The van der Waals surface area contributed by atoms with Gasteiger partial charge in [-0.15, -0.1) is 0 Å². The number of amides is 8. The molecule has 8 amide bonds. The predicted molar refractivity (Wildman–Crippen MR) is 213 cm³/mol. The van der Waals surface area contributed by atoms with Crippen LogP contribution >= 0.6 is 0 Å². The zero-order chi connectivity index (χ0) is 44.0. The minimum Gasteiger partial charge on any atom is -0.508 e. The molecule has 7 atom stereocenters. The number of hydrogen-bond acceptors (Lipinski definition) is 10. The van der Waals surface area contributed by atoms with E-state index in [9.17, 15) is 53.4 Å². The lowest BCUT2D eigenvalue weighted by Crippen LogP contribution is -2.60. The minimum absolute atomic E-state index is 0.0218. The summed E-state index contributed by atoms with van der Waals surface area (Å²) in [6, 6.07) is -1.34. The molecule has 0 aliphatic carbocycles. The predicted octanol–water partition coefficient (Wildman–Crippen LogP) is -0.791. The smallest absolute Gasteiger partial charge is 0.303 e. The molecule has 2 aliphatic heterocycles. The molecule has 326 valence electrons. The molecular formula is C40H60N8O11. The van der Waals surface area contributed by atoms with E-state index < -0.39 is 121 Å². The average Bonchev–Trinajstić information content (AvgIpc) is 3.68. The fourth-order valence-electron chi connectivity index (χ4n) is 6.87. The highest BCUT2D eigenvalue weighted by molar-refractivity contribution is 5.98. The molecule has 3 rings (SSSR count). The number of phenols is 1. The second-order valence-electron chi connectivity index (χ2n) is 16.0. The number of phenolic OH excluding ortho intramolecular Hbond substituents is 1. The van der Waals surface area contributed by atoms with Crippen molar-refractivity contribution in [3.63, 3.8) is 0 Å². The summed E-state index contributed by atoms with van der Waals surface area (Å²) >= 11 is 0. The van der Waals surface area contributed by atoms with Crippen molar-refractivity contribution in [3.05, 3.63) is 29.8 Å². The van der Waals surface area contributed by atoms with Crippen molar-refractivity contribution in [2.45, 2.75) is 123 Å². The molecule has 2 saturated heterocycles. The van der Waals surface area contributed by atoms with Gasteiger partial charge in [0.15, 0.2) is 0 Å². The fraction of sp³-hybridized carbons (Fsp3) is 0.625. The maximum atomic E-state index is 14.0. The highest BCUT2D eigenvalue weighted by Gasteiger charge is 2.40. The molecule has 19 heteroatoms. The third-order valence-electron chi connectivity index (χ3n) is 10.4. The second-order valence-corrected chi connectivity index (χ2v) is 16.0. The van der Waals surface area contributed by atoms with E-state index in [1.165, 1.54) is 17.0 Å². The van der Waals surface area contributed by atoms with Crippen molar-refractivity contribution in [3.8, 4) is 5.75 Å². The number of carbonyl (C=O) groups is 9. The first-order chi connectivity index (χ1) is 27.8. The Hall–Kier alpha value is -5.75. The van der Waals surface area contributed by atoms with E-state index >= 15 is 0 Å². The zero-order valence-corrected chi connectivity index (χ0v) is 34.6. The first-order valence-electron chi connectivity index (χ1n) is 20.2. The van der Waals surface area contributed by atoms with Crippen LogP contribution in [-0.2, 0) is 49.6 Å². The zero-order valence-electron chi connectivity index (χ0n) is 34.6. The van der Waals surface area contributed by atoms with Gasteiger partial charge in [0.05, 0.1) is 13.1 Å². The third-order valence-corrected chi connectivity index (χ3v) is 10.4. The van der Waals surface area contributed by atoms with Gasteiger partial charge >= 0.3 is 5.97 Å². The Labute approximate surface area is 343 Å². The molecule has 9 N–H and O–H groups in total. The Balaban J connectivity index is 2.02. The standard InChI is InChI=1S/C40H60N8O11/c1-7-23(6)34-38(57)42-20-31(51)46-33(22(4)5)39(58)45-27(18-24-10-12-25(49)13-11-24)35(54)41-19-30(50)43-28(17-21(2)3)40(59)48-16-8-9-29(48)37(56)44-26(36(55)47-34)14-15-32(52)53/h10-13,21-23,26-29,33-34,49H,7-9,14-20H2,1-6H3,(H,41,54)(H,42,57)(H,43,50)(H,44,56)(H,45,58)(H,46,51)(H,47,55)(H,52,53)/t23-,26+,27+,28+,29+,33+,34+/m1/s1. The number of nitrogens with one attached hydrogen (secondary N) is 7. The Morgan fingerprint density at radius 1 is 0.729 bits per heavy atom.